The minimum atomic E-state index is 0.380. The summed E-state index contributed by atoms with van der Waals surface area (Å²) in [5, 5.41) is 0. The van der Waals surface area contributed by atoms with Gasteiger partial charge in [-0.15, -0.1) is 0 Å². The summed E-state index contributed by atoms with van der Waals surface area (Å²) < 4.78 is 0. The van der Waals surface area contributed by atoms with Crippen molar-refractivity contribution >= 4 is 5.82 Å². The minimum absolute atomic E-state index is 0.380. The molecule has 1 aromatic heterocycles. The van der Waals surface area contributed by atoms with Crippen LogP contribution in [0.2, 0.25) is 0 Å². The van der Waals surface area contributed by atoms with E-state index in [4.69, 9.17) is 15.8 Å². The van der Waals surface area contributed by atoms with Gasteiger partial charge in [-0.1, -0.05) is 33.6 Å². The zero-order valence-electron chi connectivity index (χ0n) is 13.9. The molecule has 0 radical (unpaired) electrons. The first-order valence-electron chi connectivity index (χ1n) is 8.41. The summed E-state index contributed by atoms with van der Waals surface area (Å²) in [5.41, 5.74) is 4.98. The zero-order valence-corrected chi connectivity index (χ0v) is 13.9. The molecule has 3 N–H and O–H groups in total. The van der Waals surface area contributed by atoms with Crippen LogP contribution in [0.3, 0.4) is 0 Å². The number of hydrogen-bond acceptors (Lipinski definition) is 4. The maximum atomic E-state index is 5.68. The Morgan fingerprint density at radius 2 is 1.86 bits per heavy atom. The lowest BCUT2D eigenvalue weighted by Crippen LogP contribution is -2.19. The average Bonchev–Trinajstić information content (AvgIpc) is 2.47. The third kappa shape index (κ3) is 3.73. The number of nitrogen functional groups attached to an aromatic ring is 1. The van der Waals surface area contributed by atoms with Gasteiger partial charge in [0.25, 0.3) is 0 Å². The third-order valence-corrected chi connectivity index (χ3v) is 4.78. The van der Waals surface area contributed by atoms with E-state index in [0.29, 0.717) is 11.8 Å². The van der Waals surface area contributed by atoms with Crippen molar-refractivity contribution in [3.63, 3.8) is 0 Å². The van der Waals surface area contributed by atoms with Gasteiger partial charge in [-0.05, 0) is 44.4 Å². The smallest absolute Gasteiger partial charge is 0.147 e. The van der Waals surface area contributed by atoms with Gasteiger partial charge < -0.3 is 5.43 Å². The number of hydrogen-bond donors (Lipinski definition) is 2. The number of nitrogens with two attached hydrogens (primary N) is 1. The molecule has 0 aromatic carbocycles. The van der Waals surface area contributed by atoms with Crippen molar-refractivity contribution in [1.82, 2.24) is 9.97 Å². The largest absolute Gasteiger partial charge is 0.308 e. The van der Waals surface area contributed by atoms with Gasteiger partial charge >= 0.3 is 0 Å². The van der Waals surface area contributed by atoms with Crippen LogP contribution in [-0.2, 0) is 0 Å². The van der Waals surface area contributed by atoms with E-state index in [2.05, 4.69) is 33.1 Å². The Morgan fingerprint density at radius 3 is 2.38 bits per heavy atom. The molecule has 0 saturated heterocycles. The Balaban J connectivity index is 2.16. The van der Waals surface area contributed by atoms with Crippen LogP contribution >= 0.6 is 0 Å². The minimum Gasteiger partial charge on any atom is -0.308 e. The van der Waals surface area contributed by atoms with Crippen LogP contribution in [-0.4, -0.2) is 9.97 Å². The quantitative estimate of drug-likeness (QED) is 0.628. The number of aryl methyl sites for hydroxylation is 1. The van der Waals surface area contributed by atoms with Gasteiger partial charge in [0, 0.05) is 17.2 Å². The Hall–Kier alpha value is -1.16. The molecule has 0 aliphatic heterocycles. The number of rotatable bonds is 5. The molecule has 0 bridgehead atoms. The first-order chi connectivity index (χ1) is 10.1. The third-order valence-electron chi connectivity index (χ3n) is 4.78. The molecular formula is C17H30N4. The fourth-order valence-electron chi connectivity index (χ4n) is 3.70. The molecule has 0 spiro atoms. The highest BCUT2D eigenvalue weighted by molar-refractivity contribution is 5.47. The van der Waals surface area contributed by atoms with Crippen LogP contribution in [0, 0.1) is 12.8 Å². The number of nitrogens with one attached hydrogen (secondary N) is 1. The van der Waals surface area contributed by atoms with Crippen molar-refractivity contribution in [3.8, 4) is 0 Å². The Bertz CT molecular complexity index is 462. The fourth-order valence-corrected chi connectivity index (χ4v) is 3.70. The predicted octanol–water partition coefficient (Wildman–Crippen LogP) is 4.27. The number of anilines is 1. The second kappa shape index (κ2) is 7.21. The highest BCUT2D eigenvalue weighted by Crippen LogP contribution is 2.37. The zero-order chi connectivity index (χ0) is 15.4. The van der Waals surface area contributed by atoms with Crippen molar-refractivity contribution in [2.75, 3.05) is 5.43 Å². The maximum Gasteiger partial charge on any atom is 0.147 e. The number of nitrogens with zero attached hydrogens (tertiary/aromatic N) is 2. The standard InChI is InChI=1S/C17H30N4/c1-5-6-13-7-9-14(10-8-13)16-19-12(4)15(11(2)3)17(20-16)21-18/h11,13-14H,5-10,18H2,1-4H3,(H,19,20,21). The molecule has 21 heavy (non-hydrogen) atoms. The van der Waals surface area contributed by atoms with Crippen molar-refractivity contribution in [1.29, 1.82) is 0 Å². The summed E-state index contributed by atoms with van der Waals surface area (Å²) in [4.78, 5) is 9.51. The molecule has 0 atom stereocenters. The molecule has 1 fully saturated rings. The summed E-state index contributed by atoms with van der Waals surface area (Å²) in [7, 11) is 0. The second-order valence-corrected chi connectivity index (χ2v) is 6.73. The molecule has 1 saturated carbocycles. The highest BCUT2D eigenvalue weighted by Gasteiger charge is 2.25. The Morgan fingerprint density at radius 1 is 1.19 bits per heavy atom. The van der Waals surface area contributed by atoms with Crippen molar-refractivity contribution in [2.45, 2.75) is 78.1 Å². The maximum absolute atomic E-state index is 5.68. The molecule has 4 heteroatoms. The van der Waals surface area contributed by atoms with Gasteiger partial charge in [0.1, 0.15) is 11.6 Å². The molecule has 2 rings (SSSR count). The van der Waals surface area contributed by atoms with E-state index in [-0.39, 0.29) is 0 Å². The van der Waals surface area contributed by atoms with Gasteiger partial charge in [0.15, 0.2) is 0 Å². The van der Waals surface area contributed by atoms with E-state index in [1.165, 1.54) is 38.5 Å². The van der Waals surface area contributed by atoms with Crippen molar-refractivity contribution in [2.24, 2.45) is 11.8 Å². The fraction of sp³-hybridized carbons (Fsp3) is 0.765. The van der Waals surface area contributed by atoms with E-state index >= 15 is 0 Å². The molecule has 0 amide bonds. The number of hydrazine groups is 1. The average molecular weight is 290 g/mol. The van der Waals surface area contributed by atoms with E-state index in [1.807, 2.05) is 0 Å². The molecule has 4 nitrogen and oxygen atoms in total. The first-order valence-corrected chi connectivity index (χ1v) is 8.41. The second-order valence-electron chi connectivity index (χ2n) is 6.73. The van der Waals surface area contributed by atoms with Crippen molar-refractivity contribution < 1.29 is 0 Å². The lowest BCUT2D eigenvalue weighted by molar-refractivity contribution is 0.302. The van der Waals surface area contributed by atoms with Gasteiger partial charge in [0.2, 0.25) is 0 Å². The summed E-state index contributed by atoms with van der Waals surface area (Å²) in [6, 6.07) is 0. The van der Waals surface area contributed by atoms with Crippen LogP contribution in [0.25, 0.3) is 0 Å². The van der Waals surface area contributed by atoms with Gasteiger partial charge in [-0.2, -0.15) is 0 Å². The van der Waals surface area contributed by atoms with Gasteiger partial charge in [-0.25, -0.2) is 15.8 Å². The number of aromatic nitrogens is 2. The molecule has 1 aromatic rings. The lowest BCUT2D eigenvalue weighted by atomic mass is 9.79. The van der Waals surface area contributed by atoms with Gasteiger partial charge in [-0.3, -0.25) is 0 Å². The van der Waals surface area contributed by atoms with E-state index < -0.39 is 0 Å². The topological polar surface area (TPSA) is 63.8 Å². The highest BCUT2D eigenvalue weighted by atomic mass is 15.3. The molecule has 1 aliphatic carbocycles. The molecular weight excluding hydrogens is 260 g/mol. The summed E-state index contributed by atoms with van der Waals surface area (Å²) in [5.74, 6) is 9.27. The van der Waals surface area contributed by atoms with Crippen LogP contribution in [0.1, 0.15) is 88.2 Å². The Labute approximate surface area is 128 Å². The van der Waals surface area contributed by atoms with E-state index in [0.717, 1.165) is 28.8 Å². The monoisotopic (exact) mass is 290 g/mol. The van der Waals surface area contributed by atoms with Crippen LogP contribution < -0.4 is 11.3 Å². The summed E-state index contributed by atoms with van der Waals surface area (Å²) >= 11 is 0. The van der Waals surface area contributed by atoms with Crippen LogP contribution in [0.5, 0.6) is 0 Å². The molecule has 1 aliphatic rings. The van der Waals surface area contributed by atoms with Gasteiger partial charge in [0.05, 0.1) is 0 Å². The predicted molar refractivity (Wildman–Crippen MR) is 88.3 cm³/mol. The van der Waals surface area contributed by atoms with Crippen molar-refractivity contribution in [3.05, 3.63) is 17.1 Å². The summed E-state index contributed by atoms with van der Waals surface area (Å²) in [6.45, 7) is 8.66. The summed E-state index contributed by atoms with van der Waals surface area (Å²) in [6.07, 6.45) is 7.74. The van der Waals surface area contributed by atoms with Crippen LogP contribution in [0.15, 0.2) is 0 Å². The molecule has 0 unspecified atom stereocenters. The Kier molecular flexibility index (Phi) is 5.57. The van der Waals surface area contributed by atoms with E-state index in [1.54, 1.807) is 0 Å². The normalized spacial score (nSPS) is 22.6. The lowest BCUT2D eigenvalue weighted by Gasteiger charge is -2.28. The van der Waals surface area contributed by atoms with E-state index in [9.17, 15) is 0 Å². The molecule has 1 heterocycles. The molecule has 118 valence electrons. The van der Waals surface area contributed by atoms with Crippen LogP contribution in [0.4, 0.5) is 5.82 Å². The first kappa shape index (κ1) is 16.2. The SMILES string of the molecule is CCCC1CCC(c2nc(C)c(C(C)C)c(NN)n2)CC1.